The van der Waals surface area contributed by atoms with E-state index in [4.69, 9.17) is 4.74 Å². The SMILES string of the molecule is C=C1C(O)=C(c2ccc(O)c(O)c2)Oc2cc(O)cc(C)c21. The number of phenolic OH excluding ortho intramolecular Hbond substituents is 3. The van der Waals surface area contributed by atoms with Gasteiger partial charge in [-0.05, 0) is 36.8 Å². The van der Waals surface area contributed by atoms with Gasteiger partial charge < -0.3 is 25.2 Å². The first kappa shape index (κ1) is 13.9. The number of aliphatic hydroxyl groups excluding tert-OH is 1. The molecule has 0 bridgehead atoms. The number of benzene rings is 2. The fraction of sp³-hybridized carbons (Fsp3) is 0.0588. The summed E-state index contributed by atoms with van der Waals surface area (Å²) in [7, 11) is 0. The highest BCUT2D eigenvalue weighted by molar-refractivity contribution is 5.91. The van der Waals surface area contributed by atoms with Crippen molar-refractivity contribution < 1.29 is 25.2 Å². The zero-order chi connectivity index (χ0) is 16.0. The van der Waals surface area contributed by atoms with Crippen LogP contribution in [0.3, 0.4) is 0 Å². The van der Waals surface area contributed by atoms with E-state index in [1.165, 1.54) is 24.3 Å². The molecule has 0 radical (unpaired) electrons. The van der Waals surface area contributed by atoms with Gasteiger partial charge in [-0.1, -0.05) is 6.58 Å². The first-order chi connectivity index (χ1) is 10.4. The second kappa shape index (κ2) is 4.73. The van der Waals surface area contributed by atoms with Gasteiger partial charge in [0.1, 0.15) is 11.5 Å². The van der Waals surface area contributed by atoms with Crippen molar-refractivity contribution in [1.82, 2.24) is 0 Å². The summed E-state index contributed by atoms with van der Waals surface area (Å²) in [5.74, 6) is -0.261. The van der Waals surface area contributed by atoms with Crippen molar-refractivity contribution in [3.05, 3.63) is 59.4 Å². The number of phenols is 3. The summed E-state index contributed by atoms with van der Waals surface area (Å²) in [5, 5.41) is 39.0. The first-order valence-corrected chi connectivity index (χ1v) is 6.55. The minimum absolute atomic E-state index is 0.0401. The molecule has 1 aliphatic heterocycles. The fourth-order valence-electron chi connectivity index (χ4n) is 2.48. The maximum Gasteiger partial charge on any atom is 0.177 e. The second-order valence-corrected chi connectivity index (χ2v) is 5.10. The molecule has 0 saturated heterocycles. The predicted octanol–water partition coefficient (Wildman–Crippen LogP) is 3.44. The first-order valence-electron chi connectivity index (χ1n) is 6.55. The number of aliphatic hydroxyl groups is 1. The van der Waals surface area contributed by atoms with Gasteiger partial charge in [0.2, 0.25) is 0 Å². The molecular weight excluding hydrogens is 284 g/mol. The third kappa shape index (κ3) is 2.03. The third-order valence-corrected chi connectivity index (χ3v) is 3.54. The topological polar surface area (TPSA) is 90.2 Å². The summed E-state index contributed by atoms with van der Waals surface area (Å²) in [6.07, 6.45) is 0. The quantitative estimate of drug-likeness (QED) is 0.605. The van der Waals surface area contributed by atoms with Crippen LogP contribution in [0.1, 0.15) is 16.7 Å². The Labute approximate surface area is 126 Å². The van der Waals surface area contributed by atoms with Crippen molar-refractivity contribution in [3.63, 3.8) is 0 Å². The van der Waals surface area contributed by atoms with Gasteiger partial charge in [0.25, 0.3) is 0 Å². The molecule has 1 aliphatic rings. The minimum Gasteiger partial charge on any atom is -0.508 e. The molecule has 112 valence electrons. The van der Waals surface area contributed by atoms with Gasteiger partial charge in [-0.3, -0.25) is 0 Å². The molecule has 5 nitrogen and oxygen atoms in total. The molecule has 0 spiro atoms. The van der Waals surface area contributed by atoms with Crippen molar-refractivity contribution in [2.45, 2.75) is 6.92 Å². The Bertz CT molecular complexity index is 833. The molecule has 1 heterocycles. The van der Waals surface area contributed by atoms with Crippen molar-refractivity contribution in [2.24, 2.45) is 0 Å². The Morgan fingerprint density at radius 2 is 1.68 bits per heavy atom. The highest BCUT2D eigenvalue weighted by Gasteiger charge is 2.26. The van der Waals surface area contributed by atoms with Crippen molar-refractivity contribution in [3.8, 4) is 23.0 Å². The van der Waals surface area contributed by atoms with E-state index in [0.717, 1.165) is 5.56 Å². The Morgan fingerprint density at radius 1 is 0.955 bits per heavy atom. The standard InChI is InChI=1S/C17H14O5/c1-8-5-11(18)7-14-15(8)9(2)16(21)17(22-14)10-3-4-12(19)13(20)6-10/h3-7,18-21H,2H2,1H3. The van der Waals surface area contributed by atoms with Crippen LogP contribution in [0, 0.1) is 6.92 Å². The second-order valence-electron chi connectivity index (χ2n) is 5.10. The minimum atomic E-state index is -0.329. The lowest BCUT2D eigenvalue weighted by Gasteiger charge is -2.24. The van der Waals surface area contributed by atoms with Gasteiger partial charge in [0, 0.05) is 22.8 Å². The highest BCUT2D eigenvalue weighted by atomic mass is 16.5. The van der Waals surface area contributed by atoms with E-state index in [0.29, 0.717) is 22.4 Å². The monoisotopic (exact) mass is 298 g/mol. The lowest BCUT2D eigenvalue weighted by Crippen LogP contribution is -2.09. The number of hydrogen-bond donors (Lipinski definition) is 4. The maximum atomic E-state index is 10.3. The van der Waals surface area contributed by atoms with Crippen LogP contribution in [-0.2, 0) is 0 Å². The van der Waals surface area contributed by atoms with Gasteiger partial charge >= 0.3 is 0 Å². The molecule has 0 saturated carbocycles. The number of allylic oxidation sites excluding steroid dienone is 1. The average molecular weight is 298 g/mol. The molecule has 5 heteroatoms. The van der Waals surface area contributed by atoms with Gasteiger partial charge in [0.05, 0.1) is 0 Å². The van der Waals surface area contributed by atoms with Gasteiger partial charge in [-0.15, -0.1) is 0 Å². The van der Waals surface area contributed by atoms with Crippen molar-refractivity contribution in [1.29, 1.82) is 0 Å². The molecule has 2 aromatic carbocycles. The molecule has 3 rings (SSSR count). The number of rotatable bonds is 1. The lowest BCUT2D eigenvalue weighted by atomic mass is 9.95. The lowest BCUT2D eigenvalue weighted by molar-refractivity contribution is 0.393. The summed E-state index contributed by atoms with van der Waals surface area (Å²) in [6.45, 7) is 5.64. The third-order valence-electron chi connectivity index (χ3n) is 3.54. The van der Waals surface area contributed by atoms with Gasteiger partial charge in [-0.25, -0.2) is 0 Å². The zero-order valence-electron chi connectivity index (χ0n) is 11.8. The van der Waals surface area contributed by atoms with Crippen LogP contribution in [0.5, 0.6) is 23.0 Å². The number of aromatic hydroxyl groups is 3. The number of ether oxygens (including phenoxy) is 1. The van der Waals surface area contributed by atoms with Crippen LogP contribution < -0.4 is 4.74 Å². The maximum absolute atomic E-state index is 10.3. The van der Waals surface area contributed by atoms with Crippen LogP contribution >= 0.6 is 0 Å². The summed E-state index contributed by atoms with van der Waals surface area (Å²) in [5.41, 5.74) is 2.07. The van der Waals surface area contributed by atoms with Crippen LogP contribution in [0.25, 0.3) is 11.3 Å². The Morgan fingerprint density at radius 3 is 2.36 bits per heavy atom. The van der Waals surface area contributed by atoms with E-state index in [-0.39, 0.29) is 28.8 Å². The highest BCUT2D eigenvalue weighted by Crippen LogP contribution is 2.43. The molecule has 0 fully saturated rings. The summed E-state index contributed by atoms with van der Waals surface area (Å²) >= 11 is 0. The van der Waals surface area contributed by atoms with E-state index < -0.39 is 0 Å². The molecular formula is C17H14O5. The van der Waals surface area contributed by atoms with E-state index in [2.05, 4.69) is 6.58 Å². The molecule has 0 aliphatic carbocycles. The Hall–Kier alpha value is -3.08. The molecule has 0 atom stereocenters. The largest absolute Gasteiger partial charge is 0.508 e. The molecule has 22 heavy (non-hydrogen) atoms. The Kier molecular flexibility index (Phi) is 2.99. The molecule has 0 aromatic heterocycles. The summed E-state index contributed by atoms with van der Waals surface area (Å²) < 4.78 is 5.67. The van der Waals surface area contributed by atoms with Gasteiger partial charge in [-0.2, -0.15) is 0 Å². The molecule has 4 N–H and O–H groups in total. The van der Waals surface area contributed by atoms with E-state index in [1.807, 2.05) is 0 Å². The zero-order valence-corrected chi connectivity index (χ0v) is 11.8. The van der Waals surface area contributed by atoms with Crippen LogP contribution in [0.4, 0.5) is 0 Å². The van der Waals surface area contributed by atoms with Crippen molar-refractivity contribution in [2.75, 3.05) is 0 Å². The van der Waals surface area contributed by atoms with E-state index in [1.54, 1.807) is 13.0 Å². The molecule has 0 unspecified atom stereocenters. The number of fused-ring (bicyclic) bond motifs is 1. The smallest absolute Gasteiger partial charge is 0.177 e. The van der Waals surface area contributed by atoms with Crippen molar-refractivity contribution >= 4 is 11.3 Å². The predicted molar refractivity (Wildman–Crippen MR) is 81.8 cm³/mol. The molecule has 0 amide bonds. The van der Waals surface area contributed by atoms with Crippen LogP contribution in [0.15, 0.2) is 42.7 Å². The van der Waals surface area contributed by atoms with Crippen LogP contribution in [-0.4, -0.2) is 20.4 Å². The number of aryl methyl sites for hydroxylation is 1. The normalized spacial score (nSPS) is 13.8. The Balaban J connectivity index is 2.16. The molecule has 2 aromatic rings. The summed E-state index contributed by atoms with van der Waals surface area (Å²) in [4.78, 5) is 0. The van der Waals surface area contributed by atoms with E-state index in [9.17, 15) is 20.4 Å². The summed E-state index contributed by atoms with van der Waals surface area (Å²) in [6, 6.07) is 7.04. The van der Waals surface area contributed by atoms with Crippen LogP contribution in [0.2, 0.25) is 0 Å². The van der Waals surface area contributed by atoms with E-state index >= 15 is 0 Å². The number of hydrogen-bond acceptors (Lipinski definition) is 5. The van der Waals surface area contributed by atoms with Gasteiger partial charge in [0.15, 0.2) is 23.0 Å². The average Bonchev–Trinajstić information content (AvgIpc) is 2.45. The fourth-order valence-corrected chi connectivity index (χ4v) is 2.48.